The molecule has 0 radical (unpaired) electrons. The molecular weight excluding hydrogens is 313 g/mol. The predicted molar refractivity (Wildman–Crippen MR) is 79.3 cm³/mol. The number of hydrogen-bond donors (Lipinski definition) is 0. The highest BCUT2D eigenvalue weighted by molar-refractivity contribution is 8.13. The van der Waals surface area contributed by atoms with Crippen molar-refractivity contribution in [2.24, 2.45) is 0 Å². The minimum absolute atomic E-state index is 0.104. The lowest BCUT2D eigenvalue weighted by Crippen LogP contribution is -2.24. The Hall–Kier alpha value is -1.90. The van der Waals surface area contributed by atoms with Crippen LogP contribution in [0.3, 0.4) is 0 Å². The number of halogens is 1. The fourth-order valence-corrected chi connectivity index (χ4v) is 2.10. The summed E-state index contributed by atoms with van der Waals surface area (Å²) in [5.41, 5.74) is 0.470. The molecule has 8 heteroatoms. The van der Waals surface area contributed by atoms with Crippen LogP contribution in [0.15, 0.2) is 35.0 Å². The zero-order valence-electron chi connectivity index (χ0n) is 12.4. The molecule has 6 nitrogen and oxygen atoms in total. The number of ether oxygens (including phenoxy) is 1. The number of carbonyl (C=O) groups excluding carboxylic acids is 2. The molecule has 0 aliphatic carbocycles. The Morgan fingerprint density at radius 3 is 2.32 bits per heavy atom. The molecule has 22 heavy (non-hydrogen) atoms. The van der Waals surface area contributed by atoms with Crippen molar-refractivity contribution < 1.29 is 28.4 Å². The summed E-state index contributed by atoms with van der Waals surface area (Å²) in [6.45, 7) is 1.70. The Morgan fingerprint density at radius 1 is 1.23 bits per heavy atom. The van der Waals surface area contributed by atoms with Crippen molar-refractivity contribution in [1.82, 2.24) is 5.23 Å². The van der Waals surface area contributed by atoms with Crippen LogP contribution in [0.4, 0.5) is 9.18 Å². The molecule has 1 amide bonds. The summed E-state index contributed by atoms with van der Waals surface area (Å²) in [6.07, 6.45) is 1.06. The van der Waals surface area contributed by atoms with Crippen LogP contribution < -0.4 is 0 Å². The molecule has 1 rings (SSSR count). The summed E-state index contributed by atoms with van der Waals surface area (Å²) >= 11 is 0.874. The first kappa shape index (κ1) is 18.1. The highest BCUT2D eigenvalue weighted by Crippen LogP contribution is 2.23. The minimum Gasteiger partial charge on any atom is -0.461 e. The van der Waals surface area contributed by atoms with Crippen LogP contribution in [0.2, 0.25) is 0 Å². The van der Waals surface area contributed by atoms with Gasteiger partial charge in [-0.15, -0.1) is 0 Å². The van der Waals surface area contributed by atoms with E-state index >= 15 is 0 Å². The van der Waals surface area contributed by atoms with Gasteiger partial charge < -0.3 is 4.74 Å². The maximum atomic E-state index is 13.5. The summed E-state index contributed by atoms with van der Waals surface area (Å²) in [7, 11) is 2.60. The van der Waals surface area contributed by atoms with Gasteiger partial charge in [0.15, 0.2) is 0 Å². The first-order valence-corrected chi connectivity index (χ1v) is 7.08. The Kier molecular flexibility index (Phi) is 7.58. The molecule has 0 aliphatic heterocycles. The van der Waals surface area contributed by atoms with Gasteiger partial charge in [-0.25, -0.2) is 14.5 Å². The molecule has 0 atom stereocenters. The molecule has 0 aromatic heterocycles. The summed E-state index contributed by atoms with van der Waals surface area (Å²) in [5.74, 6) is -1.99. The van der Waals surface area contributed by atoms with Crippen molar-refractivity contribution in [2.75, 3.05) is 20.8 Å². The van der Waals surface area contributed by atoms with E-state index in [1.165, 1.54) is 14.2 Å². The molecule has 0 saturated carbocycles. The molecule has 1 aromatic carbocycles. The van der Waals surface area contributed by atoms with E-state index in [0.717, 1.165) is 23.1 Å². The van der Waals surface area contributed by atoms with Crippen LogP contribution in [0.1, 0.15) is 12.5 Å². The van der Waals surface area contributed by atoms with Crippen molar-refractivity contribution in [3.05, 3.63) is 35.7 Å². The lowest BCUT2D eigenvalue weighted by atomic mass is 10.2. The van der Waals surface area contributed by atoms with Crippen LogP contribution in [0.5, 0.6) is 0 Å². The highest BCUT2D eigenvalue weighted by Gasteiger charge is 2.14. The number of amides is 1. The standard InChI is InChI=1S/C14H16FNO5S/c1-4-21-13(17)12(15)9-10-5-7-11(8-6-10)22-14(18)16(19-2)20-3/h5-9H,4H2,1-3H3. The van der Waals surface area contributed by atoms with Gasteiger partial charge in [-0.1, -0.05) is 17.4 Å². The van der Waals surface area contributed by atoms with E-state index in [9.17, 15) is 14.0 Å². The normalized spacial score (nSPS) is 11.2. The molecule has 0 bridgehead atoms. The molecule has 0 aliphatic rings. The molecule has 1 aromatic rings. The summed E-state index contributed by atoms with van der Waals surface area (Å²) in [6, 6.07) is 6.35. The van der Waals surface area contributed by atoms with Gasteiger partial charge >= 0.3 is 11.2 Å². The molecule has 0 spiro atoms. The summed E-state index contributed by atoms with van der Waals surface area (Å²) in [5, 5.41) is 0.254. The average molecular weight is 329 g/mol. The van der Waals surface area contributed by atoms with E-state index in [-0.39, 0.29) is 6.61 Å². The first-order valence-electron chi connectivity index (χ1n) is 6.26. The Morgan fingerprint density at radius 2 is 1.82 bits per heavy atom. The van der Waals surface area contributed by atoms with Crippen LogP contribution in [0.25, 0.3) is 6.08 Å². The second-order valence-corrected chi connectivity index (χ2v) is 4.80. The average Bonchev–Trinajstić information content (AvgIpc) is 2.50. The maximum absolute atomic E-state index is 13.5. The number of esters is 1. The van der Waals surface area contributed by atoms with Gasteiger partial charge in [-0.2, -0.15) is 4.39 Å². The zero-order chi connectivity index (χ0) is 16.5. The van der Waals surface area contributed by atoms with Crippen LogP contribution in [-0.2, 0) is 19.2 Å². The van der Waals surface area contributed by atoms with Crippen molar-refractivity contribution in [3.8, 4) is 0 Å². The number of benzene rings is 1. The third-order valence-corrected chi connectivity index (χ3v) is 3.16. The van der Waals surface area contributed by atoms with Crippen molar-refractivity contribution in [3.63, 3.8) is 0 Å². The van der Waals surface area contributed by atoms with Crippen molar-refractivity contribution >= 4 is 29.0 Å². The number of rotatable bonds is 6. The second kappa shape index (κ2) is 9.19. The van der Waals surface area contributed by atoms with E-state index in [0.29, 0.717) is 10.5 Å². The van der Waals surface area contributed by atoms with E-state index in [1.54, 1.807) is 31.2 Å². The van der Waals surface area contributed by atoms with E-state index in [2.05, 4.69) is 14.4 Å². The van der Waals surface area contributed by atoms with E-state index < -0.39 is 17.0 Å². The van der Waals surface area contributed by atoms with Gasteiger partial charge in [-0.3, -0.25) is 4.79 Å². The lowest BCUT2D eigenvalue weighted by Gasteiger charge is -2.14. The van der Waals surface area contributed by atoms with Gasteiger partial charge in [0.05, 0.1) is 20.8 Å². The Balaban J connectivity index is 2.73. The van der Waals surface area contributed by atoms with Gasteiger partial charge in [-0.05, 0) is 42.5 Å². The summed E-state index contributed by atoms with van der Waals surface area (Å²) in [4.78, 5) is 32.8. The van der Waals surface area contributed by atoms with Crippen LogP contribution >= 0.6 is 11.8 Å². The monoisotopic (exact) mass is 329 g/mol. The second-order valence-electron chi connectivity index (χ2n) is 3.77. The number of carbonyl (C=O) groups is 2. The number of thioether (sulfide) groups is 1. The molecule has 0 saturated heterocycles. The topological polar surface area (TPSA) is 65.1 Å². The van der Waals surface area contributed by atoms with Gasteiger partial charge in [0.25, 0.3) is 0 Å². The SMILES string of the molecule is CCOC(=O)C(F)=Cc1ccc(SC(=O)N(OC)OC)cc1. The fourth-order valence-electron chi connectivity index (χ4n) is 1.40. The fraction of sp³-hybridized carbons (Fsp3) is 0.286. The summed E-state index contributed by atoms with van der Waals surface area (Å²) < 4.78 is 18.0. The Bertz CT molecular complexity index is 543. The number of nitrogens with zero attached hydrogens (tertiary/aromatic N) is 1. The largest absolute Gasteiger partial charge is 0.461 e. The minimum atomic E-state index is -1.01. The van der Waals surface area contributed by atoms with Crippen molar-refractivity contribution in [1.29, 1.82) is 0 Å². The number of hydrogen-bond acceptors (Lipinski definition) is 6. The smallest absolute Gasteiger partial charge is 0.367 e. The quantitative estimate of drug-likeness (QED) is 0.346. The van der Waals surface area contributed by atoms with Crippen LogP contribution in [-0.4, -0.2) is 37.3 Å². The van der Waals surface area contributed by atoms with Gasteiger partial charge in [0.2, 0.25) is 5.83 Å². The zero-order valence-corrected chi connectivity index (χ0v) is 13.2. The first-order chi connectivity index (χ1) is 10.5. The lowest BCUT2D eigenvalue weighted by molar-refractivity contribution is -0.292. The maximum Gasteiger partial charge on any atom is 0.367 e. The molecule has 0 unspecified atom stereocenters. The van der Waals surface area contributed by atoms with Gasteiger partial charge in [0.1, 0.15) is 0 Å². The van der Waals surface area contributed by atoms with Gasteiger partial charge in [0, 0.05) is 4.90 Å². The third kappa shape index (κ3) is 5.47. The number of hydroxylamine groups is 2. The predicted octanol–water partition coefficient (Wildman–Crippen LogP) is 3.20. The van der Waals surface area contributed by atoms with E-state index in [4.69, 9.17) is 0 Å². The molecule has 0 heterocycles. The van der Waals surface area contributed by atoms with Crippen molar-refractivity contribution in [2.45, 2.75) is 11.8 Å². The highest BCUT2D eigenvalue weighted by atomic mass is 32.2. The molecule has 0 N–H and O–H groups in total. The molecule has 0 fully saturated rings. The van der Waals surface area contributed by atoms with E-state index in [1.807, 2.05) is 0 Å². The third-order valence-electron chi connectivity index (χ3n) is 2.33. The molecular formula is C14H16FNO5S. The Labute approximate surface area is 131 Å². The van der Waals surface area contributed by atoms with Crippen LogP contribution in [0, 0.1) is 0 Å². The molecule has 120 valence electrons.